The van der Waals surface area contributed by atoms with E-state index >= 15 is 0 Å². The van der Waals surface area contributed by atoms with E-state index in [-0.39, 0.29) is 17.9 Å². The minimum atomic E-state index is -0.975. The Morgan fingerprint density at radius 3 is 2.44 bits per heavy atom. The van der Waals surface area contributed by atoms with Gasteiger partial charge in [0.05, 0.1) is 5.41 Å². The van der Waals surface area contributed by atoms with Gasteiger partial charge in [-0.05, 0) is 19.3 Å². The van der Waals surface area contributed by atoms with E-state index in [1.165, 1.54) is 4.90 Å². The third kappa shape index (κ3) is 2.72. The van der Waals surface area contributed by atoms with Gasteiger partial charge >= 0.3 is 5.97 Å². The maximum Gasteiger partial charge on any atom is 0.323 e. The molecule has 1 N–H and O–H groups in total. The maximum atomic E-state index is 12.1. The van der Waals surface area contributed by atoms with Crippen molar-refractivity contribution < 1.29 is 19.4 Å². The maximum absolute atomic E-state index is 12.1. The summed E-state index contributed by atoms with van der Waals surface area (Å²) in [5, 5.41) is 8.65. The van der Waals surface area contributed by atoms with Crippen LogP contribution in [0.4, 0.5) is 0 Å². The van der Waals surface area contributed by atoms with Crippen LogP contribution in [0.25, 0.3) is 0 Å². The number of amides is 1. The lowest BCUT2D eigenvalue weighted by Crippen LogP contribution is -2.48. The molecule has 0 radical (unpaired) electrons. The van der Waals surface area contributed by atoms with E-state index in [1.807, 2.05) is 0 Å². The Morgan fingerprint density at radius 1 is 1.44 bits per heavy atom. The van der Waals surface area contributed by atoms with Crippen molar-refractivity contribution in [3.05, 3.63) is 0 Å². The molecule has 5 nitrogen and oxygen atoms in total. The third-order valence-corrected chi connectivity index (χ3v) is 3.27. The number of carboxylic acids is 1. The first-order valence-corrected chi connectivity index (χ1v) is 5.48. The molecule has 0 heterocycles. The van der Waals surface area contributed by atoms with Crippen molar-refractivity contribution in [3.8, 4) is 0 Å². The minimum absolute atomic E-state index is 0.0572. The molecule has 0 unspecified atom stereocenters. The van der Waals surface area contributed by atoms with E-state index in [0.29, 0.717) is 13.0 Å². The number of ether oxygens (including phenoxy) is 1. The van der Waals surface area contributed by atoms with E-state index in [1.54, 1.807) is 14.2 Å². The second-order valence-electron chi connectivity index (χ2n) is 4.43. The number of aliphatic carboxylic acids is 1. The molecular formula is C11H19NO4. The van der Waals surface area contributed by atoms with Gasteiger partial charge in [0.15, 0.2) is 0 Å². The van der Waals surface area contributed by atoms with Crippen molar-refractivity contribution in [2.75, 3.05) is 27.3 Å². The van der Waals surface area contributed by atoms with Gasteiger partial charge in [-0.2, -0.15) is 0 Å². The largest absolute Gasteiger partial charge is 0.480 e. The normalized spacial score (nSPS) is 17.6. The standard InChI is InChI=1S/C11H19NO4/c1-12(8-9(13)14)10(15)11(4-3-5-11)6-7-16-2/h3-8H2,1-2H3,(H,13,14). The van der Waals surface area contributed by atoms with Crippen LogP contribution < -0.4 is 0 Å². The van der Waals surface area contributed by atoms with Crippen molar-refractivity contribution in [2.45, 2.75) is 25.7 Å². The number of methoxy groups -OCH3 is 1. The summed E-state index contributed by atoms with van der Waals surface area (Å²) in [5.74, 6) is -1.03. The van der Waals surface area contributed by atoms with Crippen LogP contribution in [-0.2, 0) is 14.3 Å². The molecule has 0 bridgehead atoms. The highest BCUT2D eigenvalue weighted by Crippen LogP contribution is 2.45. The number of carboxylic acid groups (broad SMARTS) is 1. The van der Waals surface area contributed by atoms with Gasteiger partial charge in [-0.1, -0.05) is 6.42 Å². The molecule has 1 aliphatic carbocycles. The highest BCUT2D eigenvalue weighted by molar-refractivity contribution is 5.86. The molecule has 0 spiro atoms. The highest BCUT2D eigenvalue weighted by Gasteiger charge is 2.45. The molecule has 5 heteroatoms. The van der Waals surface area contributed by atoms with E-state index in [0.717, 1.165) is 19.3 Å². The first kappa shape index (κ1) is 13.0. The van der Waals surface area contributed by atoms with E-state index in [4.69, 9.17) is 9.84 Å². The Balaban J connectivity index is 2.58. The van der Waals surface area contributed by atoms with Gasteiger partial charge in [0.25, 0.3) is 0 Å². The van der Waals surface area contributed by atoms with Crippen LogP contribution in [0, 0.1) is 5.41 Å². The number of likely N-dealkylation sites (N-methyl/N-ethyl adjacent to an activating group) is 1. The number of rotatable bonds is 6. The van der Waals surface area contributed by atoms with Gasteiger partial charge in [0.2, 0.25) is 5.91 Å². The summed E-state index contributed by atoms with van der Waals surface area (Å²) in [6.45, 7) is 0.320. The fourth-order valence-corrected chi connectivity index (χ4v) is 2.15. The highest BCUT2D eigenvalue weighted by atomic mass is 16.5. The summed E-state index contributed by atoms with van der Waals surface area (Å²) >= 11 is 0. The van der Waals surface area contributed by atoms with Gasteiger partial charge in [0.1, 0.15) is 6.54 Å². The van der Waals surface area contributed by atoms with Crippen LogP contribution in [0.15, 0.2) is 0 Å². The number of carbonyl (C=O) groups is 2. The predicted octanol–water partition coefficient (Wildman–Crippen LogP) is 0.736. The third-order valence-electron chi connectivity index (χ3n) is 3.27. The smallest absolute Gasteiger partial charge is 0.323 e. The molecule has 1 saturated carbocycles. The van der Waals surface area contributed by atoms with Gasteiger partial charge in [-0.3, -0.25) is 9.59 Å². The fourth-order valence-electron chi connectivity index (χ4n) is 2.15. The van der Waals surface area contributed by atoms with E-state index < -0.39 is 5.97 Å². The molecule has 1 rings (SSSR count). The van der Waals surface area contributed by atoms with Gasteiger partial charge in [-0.15, -0.1) is 0 Å². The average Bonchev–Trinajstić information content (AvgIpc) is 2.15. The van der Waals surface area contributed by atoms with Crippen LogP contribution in [0.5, 0.6) is 0 Å². The monoisotopic (exact) mass is 229 g/mol. The van der Waals surface area contributed by atoms with Crippen molar-refractivity contribution in [2.24, 2.45) is 5.41 Å². The first-order valence-electron chi connectivity index (χ1n) is 5.48. The van der Waals surface area contributed by atoms with Crippen LogP contribution in [-0.4, -0.2) is 49.2 Å². The number of nitrogens with zero attached hydrogens (tertiary/aromatic N) is 1. The van der Waals surface area contributed by atoms with Crippen LogP contribution in [0.1, 0.15) is 25.7 Å². The molecule has 0 aliphatic heterocycles. The zero-order chi connectivity index (χ0) is 12.2. The van der Waals surface area contributed by atoms with E-state index in [2.05, 4.69) is 0 Å². The Kier molecular flexibility index (Phi) is 4.29. The summed E-state index contributed by atoms with van der Waals surface area (Å²) in [6, 6.07) is 0. The zero-order valence-corrected chi connectivity index (χ0v) is 9.86. The van der Waals surface area contributed by atoms with Crippen molar-refractivity contribution in [3.63, 3.8) is 0 Å². The Morgan fingerprint density at radius 2 is 2.06 bits per heavy atom. The van der Waals surface area contributed by atoms with Gasteiger partial charge in [-0.25, -0.2) is 0 Å². The lowest BCUT2D eigenvalue weighted by Gasteiger charge is -2.42. The molecule has 92 valence electrons. The van der Waals surface area contributed by atoms with Crippen molar-refractivity contribution >= 4 is 11.9 Å². The average molecular weight is 229 g/mol. The molecule has 0 aromatic heterocycles. The number of carbonyl (C=O) groups excluding carboxylic acids is 1. The van der Waals surface area contributed by atoms with Gasteiger partial charge < -0.3 is 14.7 Å². The summed E-state index contributed by atoms with van der Waals surface area (Å²) in [5.41, 5.74) is -0.361. The number of hydrogen-bond acceptors (Lipinski definition) is 3. The minimum Gasteiger partial charge on any atom is -0.480 e. The predicted molar refractivity (Wildman–Crippen MR) is 58.0 cm³/mol. The Hall–Kier alpha value is -1.10. The molecule has 0 aromatic rings. The first-order chi connectivity index (χ1) is 7.52. The zero-order valence-electron chi connectivity index (χ0n) is 9.86. The quantitative estimate of drug-likeness (QED) is 0.729. The summed E-state index contributed by atoms with van der Waals surface area (Å²) in [7, 11) is 3.15. The molecule has 1 amide bonds. The van der Waals surface area contributed by atoms with Crippen molar-refractivity contribution in [1.29, 1.82) is 0 Å². The molecule has 0 atom stereocenters. The summed E-state index contributed by atoms with van der Waals surface area (Å²) < 4.78 is 5.00. The topological polar surface area (TPSA) is 66.8 Å². The molecule has 0 aromatic carbocycles. The fraction of sp³-hybridized carbons (Fsp3) is 0.818. The van der Waals surface area contributed by atoms with Gasteiger partial charge in [0, 0.05) is 20.8 Å². The molecule has 16 heavy (non-hydrogen) atoms. The molecular weight excluding hydrogens is 210 g/mol. The lowest BCUT2D eigenvalue weighted by atomic mass is 9.66. The van der Waals surface area contributed by atoms with Crippen LogP contribution in [0.2, 0.25) is 0 Å². The van der Waals surface area contributed by atoms with E-state index in [9.17, 15) is 9.59 Å². The van der Waals surface area contributed by atoms with Crippen LogP contribution >= 0.6 is 0 Å². The molecule has 1 fully saturated rings. The Bertz CT molecular complexity index is 273. The second kappa shape index (κ2) is 5.30. The second-order valence-corrected chi connectivity index (χ2v) is 4.43. The Labute approximate surface area is 95.4 Å². The SMILES string of the molecule is COCCC1(C(=O)N(C)CC(=O)O)CCC1. The molecule has 0 saturated heterocycles. The summed E-state index contributed by atoms with van der Waals surface area (Å²) in [6.07, 6.45) is 3.42. The summed E-state index contributed by atoms with van der Waals surface area (Å²) in [4.78, 5) is 23.9. The number of hydrogen-bond donors (Lipinski definition) is 1. The lowest BCUT2D eigenvalue weighted by molar-refractivity contribution is -0.153. The van der Waals surface area contributed by atoms with Crippen molar-refractivity contribution in [1.82, 2.24) is 4.90 Å². The van der Waals surface area contributed by atoms with Crippen LogP contribution in [0.3, 0.4) is 0 Å². The molecule has 1 aliphatic rings.